The monoisotopic (exact) mass is 256 g/mol. The predicted molar refractivity (Wildman–Crippen MR) is 77.8 cm³/mol. The summed E-state index contributed by atoms with van der Waals surface area (Å²) in [7, 11) is 2.20. The van der Waals surface area contributed by atoms with Crippen LogP contribution in [0.5, 0.6) is 0 Å². The highest BCUT2D eigenvalue weighted by Gasteiger charge is 2.26. The highest BCUT2D eigenvalue weighted by Crippen LogP contribution is 2.21. The Hall–Kier alpha value is -0.120. The number of rotatable bonds is 6. The van der Waals surface area contributed by atoms with Gasteiger partial charge in [0.15, 0.2) is 0 Å². The standard InChI is InChI=1S/C15H32N2O/c1-12(2)10-15(4,18)11-16-13(3)14-6-8-17(5)9-7-14/h12-14,16,18H,6-11H2,1-5H3. The fraction of sp³-hybridized carbons (Fsp3) is 1.00. The van der Waals surface area contributed by atoms with E-state index in [-0.39, 0.29) is 0 Å². The summed E-state index contributed by atoms with van der Waals surface area (Å²) < 4.78 is 0. The number of aliphatic hydroxyl groups is 1. The Morgan fingerprint density at radius 3 is 2.33 bits per heavy atom. The molecule has 2 atom stereocenters. The summed E-state index contributed by atoms with van der Waals surface area (Å²) in [5.41, 5.74) is -0.576. The second kappa shape index (κ2) is 6.88. The molecule has 3 heteroatoms. The number of piperidine rings is 1. The van der Waals surface area contributed by atoms with Crippen molar-refractivity contribution in [2.45, 2.75) is 58.6 Å². The van der Waals surface area contributed by atoms with E-state index in [1.54, 1.807) is 0 Å². The Kier molecular flexibility index (Phi) is 6.09. The highest BCUT2D eigenvalue weighted by atomic mass is 16.3. The molecule has 3 nitrogen and oxygen atoms in total. The lowest BCUT2D eigenvalue weighted by Crippen LogP contribution is -2.46. The molecule has 1 heterocycles. The molecular formula is C15H32N2O. The molecule has 1 rings (SSSR count). The number of likely N-dealkylation sites (tertiary alicyclic amines) is 1. The fourth-order valence-electron chi connectivity index (χ4n) is 3.03. The first kappa shape index (κ1) is 15.9. The van der Waals surface area contributed by atoms with Crippen LogP contribution in [0.1, 0.15) is 47.0 Å². The molecule has 1 aliphatic rings. The largest absolute Gasteiger partial charge is 0.389 e. The maximum Gasteiger partial charge on any atom is 0.0746 e. The summed E-state index contributed by atoms with van der Waals surface area (Å²) in [4.78, 5) is 2.40. The second-order valence-corrected chi connectivity index (χ2v) is 6.91. The van der Waals surface area contributed by atoms with Crippen molar-refractivity contribution in [1.82, 2.24) is 10.2 Å². The van der Waals surface area contributed by atoms with Gasteiger partial charge in [-0.25, -0.2) is 0 Å². The van der Waals surface area contributed by atoms with Crippen molar-refractivity contribution in [3.8, 4) is 0 Å². The quantitative estimate of drug-likeness (QED) is 0.764. The van der Waals surface area contributed by atoms with Crippen molar-refractivity contribution < 1.29 is 5.11 Å². The van der Waals surface area contributed by atoms with Gasteiger partial charge in [-0.15, -0.1) is 0 Å². The molecule has 0 aromatic rings. The number of hydrogen-bond donors (Lipinski definition) is 2. The zero-order chi connectivity index (χ0) is 13.8. The summed E-state index contributed by atoms with van der Waals surface area (Å²) in [6, 6.07) is 0.511. The van der Waals surface area contributed by atoms with Gasteiger partial charge < -0.3 is 15.3 Å². The van der Waals surface area contributed by atoms with Gasteiger partial charge in [0, 0.05) is 12.6 Å². The first-order valence-corrected chi connectivity index (χ1v) is 7.44. The first-order chi connectivity index (χ1) is 8.30. The summed E-state index contributed by atoms with van der Waals surface area (Å²) in [6.45, 7) is 11.7. The van der Waals surface area contributed by atoms with Gasteiger partial charge in [0.05, 0.1) is 5.60 Å². The van der Waals surface area contributed by atoms with Gasteiger partial charge >= 0.3 is 0 Å². The molecule has 0 aromatic heterocycles. The van der Waals surface area contributed by atoms with Crippen LogP contribution in [-0.2, 0) is 0 Å². The summed E-state index contributed by atoms with van der Waals surface area (Å²) in [5, 5.41) is 13.8. The average molecular weight is 256 g/mol. The van der Waals surface area contributed by atoms with Gasteiger partial charge in [0.1, 0.15) is 0 Å². The van der Waals surface area contributed by atoms with Gasteiger partial charge in [-0.1, -0.05) is 13.8 Å². The Labute approximate surface area is 113 Å². The van der Waals surface area contributed by atoms with Crippen molar-refractivity contribution in [3.63, 3.8) is 0 Å². The Bertz CT molecular complexity index is 233. The first-order valence-electron chi connectivity index (χ1n) is 7.44. The van der Waals surface area contributed by atoms with E-state index in [0.717, 1.165) is 12.3 Å². The van der Waals surface area contributed by atoms with Crippen LogP contribution in [0.25, 0.3) is 0 Å². The number of hydrogen-bond acceptors (Lipinski definition) is 3. The van der Waals surface area contributed by atoms with Crippen LogP contribution in [0.3, 0.4) is 0 Å². The van der Waals surface area contributed by atoms with Crippen molar-refractivity contribution in [2.24, 2.45) is 11.8 Å². The lowest BCUT2D eigenvalue weighted by atomic mass is 9.89. The van der Waals surface area contributed by atoms with Crippen molar-refractivity contribution in [2.75, 3.05) is 26.7 Å². The summed E-state index contributed by atoms with van der Waals surface area (Å²) >= 11 is 0. The van der Waals surface area contributed by atoms with Crippen LogP contribution in [0.2, 0.25) is 0 Å². The van der Waals surface area contributed by atoms with E-state index in [2.05, 4.69) is 38.0 Å². The summed E-state index contributed by atoms with van der Waals surface area (Å²) in [6.07, 6.45) is 3.41. The smallest absolute Gasteiger partial charge is 0.0746 e. The Morgan fingerprint density at radius 1 is 1.28 bits per heavy atom. The molecule has 2 N–H and O–H groups in total. The minimum absolute atomic E-state index is 0.511. The maximum atomic E-state index is 10.3. The molecule has 0 aromatic carbocycles. The van der Waals surface area contributed by atoms with E-state index in [0.29, 0.717) is 18.5 Å². The molecule has 2 unspecified atom stereocenters. The molecule has 18 heavy (non-hydrogen) atoms. The zero-order valence-corrected chi connectivity index (χ0v) is 12.9. The Balaban J connectivity index is 2.29. The zero-order valence-electron chi connectivity index (χ0n) is 12.9. The van der Waals surface area contributed by atoms with Crippen molar-refractivity contribution in [1.29, 1.82) is 0 Å². The van der Waals surface area contributed by atoms with Crippen LogP contribution >= 0.6 is 0 Å². The molecule has 0 bridgehead atoms. The molecule has 1 aliphatic heterocycles. The lowest BCUT2D eigenvalue weighted by molar-refractivity contribution is 0.0329. The molecule has 0 aliphatic carbocycles. The van der Waals surface area contributed by atoms with Gasteiger partial charge in [-0.3, -0.25) is 0 Å². The molecular weight excluding hydrogens is 224 g/mol. The minimum atomic E-state index is -0.576. The van der Waals surface area contributed by atoms with Crippen LogP contribution in [0.15, 0.2) is 0 Å². The molecule has 0 saturated carbocycles. The highest BCUT2D eigenvalue weighted by molar-refractivity contribution is 4.83. The Morgan fingerprint density at radius 2 is 1.83 bits per heavy atom. The van der Waals surface area contributed by atoms with Gasteiger partial charge in [0.2, 0.25) is 0 Å². The maximum absolute atomic E-state index is 10.3. The third-order valence-electron chi connectivity index (χ3n) is 4.12. The van der Waals surface area contributed by atoms with Crippen LogP contribution in [-0.4, -0.2) is 48.3 Å². The molecule has 0 spiro atoms. The third-order valence-corrected chi connectivity index (χ3v) is 4.12. The van der Waals surface area contributed by atoms with Crippen LogP contribution in [0, 0.1) is 11.8 Å². The van der Waals surface area contributed by atoms with Crippen molar-refractivity contribution >= 4 is 0 Å². The van der Waals surface area contributed by atoms with Gasteiger partial charge in [-0.05, 0) is 65.1 Å². The predicted octanol–water partition coefficient (Wildman–Crippen LogP) is 2.10. The molecule has 0 amide bonds. The number of nitrogens with one attached hydrogen (secondary N) is 1. The molecule has 108 valence electrons. The minimum Gasteiger partial charge on any atom is -0.389 e. The normalized spacial score (nSPS) is 24.2. The molecule has 1 saturated heterocycles. The molecule has 1 fully saturated rings. The lowest BCUT2D eigenvalue weighted by Gasteiger charge is -2.35. The van der Waals surface area contributed by atoms with Crippen LogP contribution in [0.4, 0.5) is 0 Å². The SMILES string of the molecule is CC(C)CC(C)(O)CNC(C)C1CCN(C)CC1. The third kappa shape index (κ3) is 5.68. The summed E-state index contributed by atoms with van der Waals surface area (Å²) in [5.74, 6) is 1.30. The average Bonchev–Trinajstić information content (AvgIpc) is 2.25. The van der Waals surface area contributed by atoms with E-state index in [9.17, 15) is 5.11 Å². The van der Waals surface area contributed by atoms with E-state index in [1.807, 2.05) is 6.92 Å². The van der Waals surface area contributed by atoms with Crippen LogP contribution < -0.4 is 5.32 Å². The van der Waals surface area contributed by atoms with Crippen molar-refractivity contribution in [3.05, 3.63) is 0 Å². The van der Waals surface area contributed by atoms with E-state index in [4.69, 9.17) is 0 Å². The van der Waals surface area contributed by atoms with Gasteiger partial charge in [-0.2, -0.15) is 0 Å². The van der Waals surface area contributed by atoms with Gasteiger partial charge in [0.25, 0.3) is 0 Å². The van der Waals surface area contributed by atoms with E-state index >= 15 is 0 Å². The fourth-order valence-corrected chi connectivity index (χ4v) is 3.03. The molecule has 0 radical (unpaired) electrons. The number of nitrogens with zero attached hydrogens (tertiary/aromatic N) is 1. The topological polar surface area (TPSA) is 35.5 Å². The van der Waals surface area contributed by atoms with E-state index < -0.39 is 5.60 Å². The van der Waals surface area contributed by atoms with E-state index in [1.165, 1.54) is 25.9 Å². The second-order valence-electron chi connectivity index (χ2n) is 6.91.